The highest BCUT2D eigenvalue weighted by Gasteiger charge is 2.64. The molecule has 47 heavy (non-hydrogen) atoms. The third kappa shape index (κ3) is 4.85. The number of phenolic OH excluding ortho intramolecular Hbond substituents is 1. The highest BCUT2D eigenvalue weighted by Crippen LogP contribution is 2.66. The Labute approximate surface area is 281 Å². The van der Waals surface area contributed by atoms with Crippen LogP contribution >= 0.6 is 0 Å². The topological polar surface area (TPSA) is 83.8 Å². The number of esters is 1. The Morgan fingerprint density at radius 2 is 1.55 bits per heavy atom. The number of benzene rings is 1. The van der Waals surface area contributed by atoms with Gasteiger partial charge in [-0.05, 0) is 154 Å². The number of hydrogen-bond donors (Lipinski definition) is 2. The van der Waals surface area contributed by atoms with Crippen molar-refractivity contribution in [2.45, 2.75) is 128 Å². The van der Waals surface area contributed by atoms with E-state index in [1.54, 1.807) is 0 Å². The Morgan fingerprint density at radius 1 is 0.830 bits per heavy atom. The summed E-state index contributed by atoms with van der Waals surface area (Å²) in [5.74, 6) is 10.2. The second-order valence-electron chi connectivity index (χ2n) is 16.7. The monoisotopic (exact) mass is 636 g/mol. The molecular weight excluding hydrogens is 584 g/mol. The van der Waals surface area contributed by atoms with Crippen molar-refractivity contribution in [2.75, 3.05) is 0 Å². The highest BCUT2D eigenvalue weighted by atomic mass is 16.6. The summed E-state index contributed by atoms with van der Waals surface area (Å²) >= 11 is 0. The molecule has 0 saturated heterocycles. The second kappa shape index (κ2) is 11.6. The van der Waals surface area contributed by atoms with E-state index in [9.17, 15) is 19.8 Å². The normalized spacial score (nSPS) is 44.3. The molecule has 2 N–H and O–H groups in total. The van der Waals surface area contributed by atoms with E-state index in [1.165, 1.54) is 23.6 Å². The molecule has 1 aromatic rings. The minimum absolute atomic E-state index is 0.111. The summed E-state index contributed by atoms with van der Waals surface area (Å²) in [6.45, 7) is 5.95. The molecule has 0 bridgehead atoms. The van der Waals surface area contributed by atoms with Gasteiger partial charge in [0.15, 0.2) is 11.4 Å². The smallest absolute Gasteiger partial charge is 0.304 e. The molecule has 1 aromatic carbocycles. The lowest BCUT2D eigenvalue weighted by Crippen LogP contribution is -2.53. The molecule has 5 nitrogen and oxygen atoms in total. The van der Waals surface area contributed by atoms with Crippen molar-refractivity contribution in [3.8, 4) is 30.4 Å². The summed E-state index contributed by atoms with van der Waals surface area (Å²) in [7, 11) is 0. The van der Waals surface area contributed by atoms with Crippen LogP contribution in [0.1, 0.15) is 121 Å². The summed E-state index contributed by atoms with van der Waals surface area (Å²) in [6.07, 6.45) is 27.6. The van der Waals surface area contributed by atoms with E-state index < -0.39 is 11.2 Å². The maximum atomic E-state index is 11.8. The van der Waals surface area contributed by atoms with Gasteiger partial charge < -0.3 is 14.9 Å². The van der Waals surface area contributed by atoms with Crippen LogP contribution in [0, 0.1) is 71.0 Å². The first-order chi connectivity index (χ1) is 22.4. The first kappa shape index (κ1) is 32.5. The third-order valence-corrected chi connectivity index (χ3v) is 15.1. The van der Waals surface area contributed by atoms with Gasteiger partial charge in [-0.2, -0.15) is 0 Å². The number of fused-ring (bicyclic) bond motifs is 10. The molecule has 0 amide bonds. The Morgan fingerprint density at radius 3 is 2.30 bits per heavy atom. The average molecular weight is 637 g/mol. The maximum absolute atomic E-state index is 11.8. The van der Waals surface area contributed by atoms with Crippen LogP contribution in [0.2, 0.25) is 0 Å². The van der Waals surface area contributed by atoms with Gasteiger partial charge in [0.05, 0.1) is 0 Å². The van der Waals surface area contributed by atoms with Gasteiger partial charge in [-0.15, -0.1) is 12.8 Å². The van der Waals surface area contributed by atoms with E-state index in [1.807, 2.05) is 18.2 Å². The van der Waals surface area contributed by atoms with Crippen molar-refractivity contribution in [1.29, 1.82) is 0 Å². The fourth-order valence-corrected chi connectivity index (χ4v) is 12.7. The lowest BCUT2D eigenvalue weighted by molar-refractivity contribution is -0.167. The Balaban J connectivity index is 0.000000151. The SMILES string of the molecule is C#C[C@]1(O)CC[C@H]2[C@@H]3CCc4cc(O)ccc4[C@H]3CC[C@@]21C.C#C[C@]1(OC(C)=O)CCC2C3CCC4=CC(=O)CCC4C3CC[C@@]21C. The first-order valence-corrected chi connectivity index (χ1v) is 18.3. The fourth-order valence-electron chi connectivity index (χ4n) is 12.7. The number of allylic oxidation sites excluding steroid dienone is 1. The van der Waals surface area contributed by atoms with Crippen LogP contribution in [0.5, 0.6) is 5.75 Å². The maximum Gasteiger partial charge on any atom is 0.304 e. The number of hydrogen-bond acceptors (Lipinski definition) is 5. The zero-order valence-corrected chi connectivity index (χ0v) is 28.5. The zero-order valence-electron chi connectivity index (χ0n) is 28.5. The van der Waals surface area contributed by atoms with Crippen LogP contribution in [0.3, 0.4) is 0 Å². The van der Waals surface area contributed by atoms with Crippen molar-refractivity contribution in [1.82, 2.24) is 0 Å². The molecule has 0 radical (unpaired) electrons. The molecule has 5 fully saturated rings. The van der Waals surface area contributed by atoms with Crippen molar-refractivity contribution >= 4 is 11.8 Å². The number of aryl methyl sites for hydroxylation is 1. The molecule has 0 aromatic heterocycles. The van der Waals surface area contributed by atoms with Crippen LogP contribution in [0.4, 0.5) is 0 Å². The van der Waals surface area contributed by atoms with Crippen molar-refractivity contribution in [3.05, 3.63) is 41.0 Å². The zero-order chi connectivity index (χ0) is 33.4. The van der Waals surface area contributed by atoms with Crippen LogP contribution in [-0.2, 0) is 20.7 Å². The van der Waals surface area contributed by atoms with E-state index in [0.717, 1.165) is 83.5 Å². The lowest BCUT2D eigenvalue weighted by atomic mass is 9.50. The van der Waals surface area contributed by atoms with E-state index in [0.29, 0.717) is 59.4 Å². The number of aliphatic hydroxyl groups is 1. The number of rotatable bonds is 1. The number of aromatic hydroxyl groups is 1. The Bertz CT molecular complexity index is 1580. The number of phenols is 1. The van der Waals surface area contributed by atoms with E-state index in [-0.39, 0.29) is 16.8 Å². The summed E-state index contributed by atoms with van der Waals surface area (Å²) in [6, 6.07) is 5.87. The van der Waals surface area contributed by atoms with Gasteiger partial charge in [-0.3, -0.25) is 9.59 Å². The molecule has 0 spiro atoms. The number of ketones is 1. The molecule has 250 valence electrons. The van der Waals surface area contributed by atoms with Gasteiger partial charge in [0.25, 0.3) is 0 Å². The van der Waals surface area contributed by atoms with Gasteiger partial charge in [0.2, 0.25) is 0 Å². The van der Waals surface area contributed by atoms with Gasteiger partial charge >= 0.3 is 5.97 Å². The third-order valence-electron chi connectivity index (χ3n) is 15.1. The van der Waals surface area contributed by atoms with Crippen LogP contribution in [-0.4, -0.2) is 33.2 Å². The molecule has 8 rings (SSSR count). The Hall–Kier alpha value is -3.02. The van der Waals surface area contributed by atoms with E-state index >= 15 is 0 Å². The number of ether oxygens (including phenoxy) is 1. The molecule has 5 heteroatoms. The Kier molecular flexibility index (Phi) is 7.99. The van der Waals surface area contributed by atoms with Gasteiger partial charge in [-0.1, -0.05) is 37.3 Å². The standard InChI is InChI=1S/C22H28O3.C20H24O2/c1-4-22(25-14(2)23)12-10-20-19-7-5-15-13-16(24)6-8-17(15)18(19)9-11-21(20,22)3;1-3-20(22)11-9-18-17-6-4-13-12-14(21)5-7-15(13)16(17)8-10-19(18,20)2/h1,13,17-20H,5-12H2,2-3H3;1,5,7,12,16-18,21-22H,4,6,8-11H2,2H3/t17?,18?,19?,20?,21-,22-;16-,17-,18+,19+,20+/m01/s1. The predicted molar refractivity (Wildman–Crippen MR) is 182 cm³/mol. The predicted octanol–water partition coefficient (Wildman–Crippen LogP) is 7.68. The van der Waals surface area contributed by atoms with Gasteiger partial charge in [0, 0.05) is 24.2 Å². The van der Waals surface area contributed by atoms with E-state index in [2.05, 4.69) is 31.8 Å². The summed E-state index contributed by atoms with van der Waals surface area (Å²) in [5.41, 5.74) is 2.26. The summed E-state index contributed by atoms with van der Waals surface area (Å²) in [4.78, 5) is 23.5. The minimum atomic E-state index is -0.919. The number of carbonyl (C=O) groups excluding carboxylic acids is 2. The molecule has 7 aliphatic carbocycles. The first-order valence-electron chi connectivity index (χ1n) is 18.3. The summed E-state index contributed by atoms with van der Waals surface area (Å²) < 4.78 is 5.79. The van der Waals surface area contributed by atoms with Gasteiger partial charge in [-0.25, -0.2) is 0 Å². The van der Waals surface area contributed by atoms with Crippen molar-refractivity contribution in [2.24, 2.45) is 46.3 Å². The van der Waals surface area contributed by atoms with E-state index in [4.69, 9.17) is 17.6 Å². The number of carbonyl (C=O) groups is 2. The lowest BCUT2D eigenvalue weighted by Gasteiger charge is -2.55. The second-order valence-corrected chi connectivity index (χ2v) is 16.7. The highest BCUT2D eigenvalue weighted by molar-refractivity contribution is 5.91. The average Bonchev–Trinajstić information content (AvgIpc) is 3.50. The molecule has 0 aliphatic heterocycles. The molecule has 11 atom stereocenters. The van der Waals surface area contributed by atoms with Gasteiger partial charge in [0.1, 0.15) is 11.4 Å². The summed E-state index contributed by atoms with van der Waals surface area (Å²) in [5, 5.41) is 20.6. The fraction of sp³-hybridized carbons (Fsp3) is 0.667. The van der Waals surface area contributed by atoms with Crippen LogP contribution in [0.15, 0.2) is 29.8 Å². The number of terminal acetylenes is 2. The minimum Gasteiger partial charge on any atom is -0.508 e. The molecular formula is C42H52O5. The van der Waals surface area contributed by atoms with Crippen molar-refractivity contribution < 1.29 is 24.5 Å². The molecule has 4 unspecified atom stereocenters. The van der Waals surface area contributed by atoms with Crippen molar-refractivity contribution in [3.63, 3.8) is 0 Å². The largest absolute Gasteiger partial charge is 0.508 e. The van der Waals surface area contributed by atoms with Crippen LogP contribution in [0.25, 0.3) is 0 Å². The molecule has 5 saturated carbocycles. The molecule has 7 aliphatic rings. The van der Waals surface area contributed by atoms with Crippen LogP contribution < -0.4 is 0 Å². The molecule has 0 heterocycles. The quantitative estimate of drug-likeness (QED) is 0.244.